The summed E-state index contributed by atoms with van der Waals surface area (Å²) in [4.78, 5) is 24.3. The second kappa shape index (κ2) is 6.04. The molecule has 0 aliphatic carbocycles. The van der Waals surface area contributed by atoms with E-state index in [-0.39, 0.29) is 22.5 Å². The molecule has 2 aromatic carbocycles. The Hall–Kier alpha value is -3.49. The van der Waals surface area contributed by atoms with E-state index in [4.69, 9.17) is 0 Å². The van der Waals surface area contributed by atoms with E-state index >= 15 is 0 Å². The Morgan fingerprint density at radius 3 is 2.52 bits per heavy atom. The van der Waals surface area contributed by atoms with Gasteiger partial charge in [0.15, 0.2) is 0 Å². The van der Waals surface area contributed by atoms with Gasteiger partial charge in [-0.05, 0) is 30.3 Å². The lowest BCUT2D eigenvalue weighted by atomic mass is 10.1. The molecule has 0 amide bonds. The van der Waals surface area contributed by atoms with Crippen molar-refractivity contribution >= 4 is 11.0 Å². The van der Waals surface area contributed by atoms with Gasteiger partial charge < -0.3 is 9.97 Å². The molecule has 2 N–H and O–H groups in total. The van der Waals surface area contributed by atoms with Gasteiger partial charge in [-0.25, -0.2) is 14.4 Å². The molecule has 0 fully saturated rings. The fourth-order valence-electron chi connectivity index (χ4n) is 2.68. The van der Waals surface area contributed by atoms with Crippen molar-refractivity contribution in [3.05, 3.63) is 70.5 Å². The standard InChI is InChI=1S/C18H10F4N4O/c19-12-5-9(15-7-24-16(27)8-23-15)1-3-11(12)17-25-13-4-2-10(18(20,21)22)6-14(13)26-17/h1-8H,(H,24,27)(H,25,26). The summed E-state index contributed by atoms with van der Waals surface area (Å²) in [5, 5.41) is 0. The van der Waals surface area contributed by atoms with Gasteiger partial charge in [-0.3, -0.25) is 4.79 Å². The summed E-state index contributed by atoms with van der Waals surface area (Å²) in [5.41, 5.74) is 0.172. The Morgan fingerprint density at radius 2 is 1.85 bits per heavy atom. The van der Waals surface area contributed by atoms with E-state index in [9.17, 15) is 22.4 Å². The highest BCUT2D eigenvalue weighted by Gasteiger charge is 2.30. The van der Waals surface area contributed by atoms with Gasteiger partial charge in [0.2, 0.25) is 0 Å². The third kappa shape index (κ3) is 3.19. The number of benzene rings is 2. The van der Waals surface area contributed by atoms with Crippen molar-refractivity contribution in [3.63, 3.8) is 0 Å². The van der Waals surface area contributed by atoms with Crippen molar-refractivity contribution in [2.75, 3.05) is 0 Å². The molecule has 9 heteroatoms. The molecule has 2 aromatic heterocycles. The van der Waals surface area contributed by atoms with E-state index in [0.717, 1.165) is 18.3 Å². The Kier molecular flexibility index (Phi) is 3.79. The molecule has 0 aliphatic heterocycles. The average molecular weight is 374 g/mol. The monoisotopic (exact) mass is 374 g/mol. The number of nitrogens with zero attached hydrogens (tertiary/aromatic N) is 2. The molecule has 4 aromatic rings. The fraction of sp³-hybridized carbons (Fsp3) is 0.0556. The first-order valence-electron chi connectivity index (χ1n) is 7.73. The zero-order chi connectivity index (χ0) is 19.2. The number of imidazole rings is 1. The van der Waals surface area contributed by atoms with Crippen LogP contribution in [0.4, 0.5) is 17.6 Å². The molecule has 0 saturated heterocycles. The van der Waals surface area contributed by atoms with Gasteiger partial charge in [-0.1, -0.05) is 6.07 Å². The van der Waals surface area contributed by atoms with Crippen LogP contribution in [-0.4, -0.2) is 19.9 Å². The topological polar surface area (TPSA) is 74.4 Å². The van der Waals surface area contributed by atoms with Crippen LogP contribution in [0.25, 0.3) is 33.7 Å². The predicted molar refractivity (Wildman–Crippen MR) is 90.3 cm³/mol. The molecular formula is C18H10F4N4O. The molecule has 4 rings (SSSR count). The summed E-state index contributed by atoms with van der Waals surface area (Å²) in [6, 6.07) is 7.32. The summed E-state index contributed by atoms with van der Waals surface area (Å²) in [7, 11) is 0. The van der Waals surface area contributed by atoms with Crippen LogP contribution in [0.5, 0.6) is 0 Å². The maximum absolute atomic E-state index is 14.6. The van der Waals surface area contributed by atoms with Gasteiger partial charge >= 0.3 is 6.18 Å². The van der Waals surface area contributed by atoms with Gasteiger partial charge in [0.05, 0.1) is 34.1 Å². The van der Waals surface area contributed by atoms with Crippen LogP contribution in [-0.2, 0) is 6.18 Å². The normalized spacial score (nSPS) is 11.9. The Bertz CT molecular complexity index is 1190. The van der Waals surface area contributed by atoms with Crippen LogP contribution >= 0.6 is 0 Å². The van der Waals surface area contributed by atoms with Gasteiger partial charge in [0, 0.05) is 11.8 Å². The predicted octanol–water partition coefficient (Wildman–Crippen LogP) is 4.14. The highest BCUT2D eigenvalue weighted by molar-refractivity contribution is 5.80. The number of aromatic nitrogens is 4. The first-order valence-corrected chi connectivity index (χ1v) is 7.73. The van der Waals surface area contributed by atoms with E-state index in [1.807, 2.05) is 0 Å². The smallest absolute Gasteiger partial charge is 0.338 e. The van der Waals surface area contributed by atoms with Crippen molar-refractivity contribution in [1.82, 2.24) is 19.9 Å². The minimum absolute atomic E-state index is 0.105. The lowest BCUT2D eigenvalue weighted by molar-refractivity contribution is -0.137. The van der Waals surface area contributed by atoms with Crippen molar-refractivity contribution in [1.29, 1.82) is 0 Å². The molecule has 136 valence electrons. The fourth-order valence-corrected chi connectivity index (χ4v) is 2.68. The molecule has 0 spiro atoms. The third-order valence-corrected chi connectivity index (χ3v) is 4.00. The first kappa shape index (κ1) is 17.0. The van der Waals surface area contributed by atoms with Crippen LogP contribution in [0.1, 0.15) is 5.56 Å². The summed E-state index contributed by atoms with van der Waals surface area (Å²) in [6.07, 6.45) is -2.04. The van der Waals surface area contributed by atoms with Crippen molar-refractivity contribution < 1.29 is 17.6 Å². The summed E-state index contributed by atoms with van der Waals surface area (Å²) < 4.78 is 53.0. The van der Waals surface area contributed by atoms with E-state index in [0.29, 0.717) is 16.8 Å². The minimum atomic E-state index is -4.48. The quantitative estimate of drug-likeness (QED) is 0.518. The molecule has 27 heavy (non-hydrogen) atoms. The average Bonchev–Trinajstić information content (AvgIpc) is 3.04. The van der Waals surface area contributed by atoms with Gasteiger partial charge in [0.1, 0.15) is 11.6 Å². The molecule has 0 unspecified atom stereocenters. The zero-order valence-corrected chi connectivity index (χ0v) is 13.4. The zero-order valence-electron chi connectivity index (χ0n) is 13.4. The van der Waals surface area contributed by atoms with Crippen LogP contribution < -0.4 is 5.56 Å². The second-order valence-corrected chi connectivity index (χ2v) is 5.81. The SMILES string of the molecule is O=c1cnc(-c2ccc(-c3nc4ccc(C(F)(F)F)cc4[nH]3)c(F)c2)c[nH]1. The minimum Gasteiger partial charge on any atom is -0.338 e. The molecule has 5 nitrogen and oxygen atoms in total. The molecular weight excluding hydrogens is 364 g/mol. The van der Waals surface area contributed by atoms with E-state index < -0.39 is 17.6 Å². The Labute approximate surface area is 148 Å². The second-order valence-electron chi connectivity index (χ2n) is 5.81. The molecule has 0 bridgehead atoms. The number of alkyl halides is 3. The number of nitrogens with one attached hydrogen (secondary N) is 2. The van der Waals surface area contributed by atoms with Crippen LogP contribution in [0, 0.1) is 5.82 Å². The maximum atomic E-state index is 14.6. The molecule has 0 saturated carbocycles. The number of H-pyrrole nitrogens is 2. The molecule has 2 heterocycles. The maximum Gasteiger partial charge on any atom is 0.416 e. The highest BCUT2D eigenvalue weighted by Crippen LogP contribution is 2.32. The van der Waals surface area contributed by atoms with E-state index in [2.05, 4.69) is 19.9 Å². The lowest BCUT2D eigenvalue weighted by Crippen LogP contribution is -2.04. The summed E-state index contributed by atoms with van der Waals surface area (Å²) in [6.45, 7) is 0. The van der Waals surface area contributed by atoms with Crippen LogP contribution in [0.2, 0.25) is 0 Å². The summed E-state index contributed by atoms with van der Waals surface area (Å²) in [5.74, 6) is -0.515. The van der Waals surface area contributed by atoms with Crippen molar-refractivity contribution in [2.45, 2.75) is 6.18 Å². The first-order chi connectivity index (χ1) is 12.8. The number of halogens is 4. The van der Waals surface area contributed by atoms with Crippen molar-refractivity contribution in [3.8, 4) is 22.6 Å². The van der Waals surface area contributed by atoms with Gasteiger partial charge in [-0.2, -0.15) is 13.2 Å². The molecule has 0 aliphatic rings. The van der Waals surface area contributed by atoms with E-state index in [1.54, 1.807) is 6.07 Å². The summed E-state index contributed by atoms with van der Waals surface area (Å²) >= 11 is 0. The van der Waals surface area contributed by atoms with Crippen LogP contribution in [0.15, 0.2) is 53.6 Å². The molecule has 0 radical (unpaired) electrons. The number of fused-ring (bicyclic) bond motifs is 1. The Balaban J connectivity index is 1.74. The lowest BCUT2D eigenvalue weighted by Gasteiger charge is -2.05. The largest absolute Gasteiger partial charge is 0.416 e. The number of hydrogen-bond donors (Lipinski definition) is 2. The van der Waals surface area contributed by atoms with E-state index in [1.165, 1.54) is 24.4 Å². The van der Waals surface area contributed by atoms with Crippen molar-refractivity contribution in [2.24, 2.45) is 0 Å². The number of aromatic amines is 2. The highest BCUT2D eigenvalue weighted by atomic mass is 19.4. The number of rotatable bonds is 2. The van der Waals surface area contributed by atoms with Gasteiger partial charge in [0.25, 0.3) is 5.56 Å². The Morgan fingerprint density at radius 1 is 1.04 bits per heavy atom. The number of hydrogen-bond acceptors (Lipinski definition) is 3. The molecule has 0 atom stereocenters. The third-order valence-electron chi connectivity index (χ3n) is 4.00. The van der Waals surface area contributed by atoms with Gasteiger partial charge in [-0.15, -0.1) is 0 Å². The van der Waals surface area contributed by atoms with Crippen LogP contribution in [0.3, 0.4) is 0 Å².